The number of nitrogens with one attached hydrogen (secondary N) is 1. The van der Waals surface area contributed by atoms with Crippen LogP contribution in [0.15, 0.2) is 42.5 Å². The number of aldehydes is 1. The summed E-state index contributed by atoms with van der Waals surface area (Å²) >= 11 is 5.78. The number of nitrogens with two attached hydrogens (primary N) is 1. The molecule has 1 heterocycles. The van der Waals surface area contributed by atoms with Gasteiger partial charge in [-0.05, 0) is 12.1 Å². The Morgan fingerprint density at radius 1 is 1.27 bits per heavy atom. The molecule has 9 nitrogen and oxygen atoms in total. The van der Waals surface area contributed by atoms with Gasteiger partial charge in [-0.2, -0.15) is 5.10 Å². The second-order valence-electron chi connectivity index (χ2n) is 7.25. The number of para-hydroxylation sites is 1. The number of aromatic nitrogens is 2. The number of nitrogens with zero attached hydrogens (tertiary/aromatic N) is 3. The largest absolute Gasteiger partial charge is 0.395 e. The van der Waals surface area contributed by atoms with Crippen LogP contribution in [0, 0.1) is 5.82 Å². The Morgan fingerprint density at radius 2 is 2.03 bits per heavy atom. The highest BCUT2D eigenvalue weighted by Crippen LogP contribution is 2.19. The summed E-state index contributed by atoms with van der Waals surface area (Å²) in [7, 11) is 0. The van der Waals surface area contributed by atoms with Crippen molar-refractivity contribution in [1.82, 2.24) is 20.0 Å². The van der Waals surface area contributed by atoms with Gasteiger partial charge in [0.05, 0.1) is 23.2 Å². The topological polar surface area (TPSA) is 131 Å². The lowest BCUT2D eigenvalue weighted by Gasteiger charge is -2.28. The van der Waals surface area contributed by atoms with Gasteiger partial charge in [0.1, 0.15) is 18.6 Å². The minimum absolute atomic E-state index is 0.0138. The van der Waals surface area contributed by atoms with E-state index in [0.717, 1.165) is 0 Å². The fourth-order valence-electron chi connectivity index (χ4n) is 3.50. The Balaban J connectivity index is 1.74. The van der Waals surface area contributed by atoms with Crippen molar-refractivity contribution < 1.29 is 23.9 Å². The van der Waals surface area contributed by atoms with Crippen LogP contribution in [-0.2, 0) is 22.7 Å². The summed E-state index contributed by atoms with van der Waals surface area (Å²) in [6.45, 7) is -0.638. The molecular weight excluding hydrogens is 453 g/mol. The lowest BCUT2D eigenvalue weighted by atomic mass is 10.2. The maximum Gasteiger partial charge on any atom is 0.269 e. The summed E-state index contributed by atoms with van der Waals surface area (Å²) in [5.41, 5.74) is 6.27. The van der Waals surface area contributed by atoms with Crippen LogP contribution in [0.2, 0.25) is 5.02 Å². The van der Waals surface area contributed by atoms with E-state index in [4.69, 9.17) is 17.3 Å². The van der Waals surface area contributed by atoms with Gasteiger partial charge in [0.2, 0.25) is 5.91 Å². The zero-order valence-corrected chi connectivity index (χ0v) is 18.3. The maximum atomic E-state index is 14.1. The van der Waals surface area contributed by atoms with E-state index < -0.39 is 23.7 Å². The van der Waals surface area contributed by atoms with Crippen molar-refractivity contribution in [3.8, 4) is 0 Å². The molecule has 0 bridgehead atoms. The third kappa shape index (κ3) is 5.54. The number of aliphatic hydroxyl groups excluding tert-OH is 1. The predicted molar refractivity (Wildman–Crippen MR) is 120 cm³/mol. The molecule has 1 unspecified atom stereocenters. The lowest BCUT2D eigenvalue weighted by molar-refractivity contribution is -0.137. The predicted octanol–water partition coefficient (Wildman–Crippen LogP) is 1.11. The molecule has 0 saturated carbocycles. The molecular formula is C22H23ClFN5O4. The molecule has 3 rings (SSSR count). The Bertz CT molecular complexity index is 1170. The van der Waals surface area contributed by atoms with Crippen LogP contribution in [0.5, 0.6) is 0 Å². The highest BCUT2D eigenvalue weighted by atomic mass is 35.5. The second-order valence-corrected chi connectivity index (χ2v) is 7.65. The summed E-state index contributed by atoms with van der Waals surface area (Å²) in [5, 5.41) is 17.0. The molecule has 174 valence electrons. The maximum absolute atomic E-state index is 14.1. The number of carbonyl (C=O) groups excluding carboxylic acids is 3. The van der Waals surface area contributed by atoms with E-state index in [0.29, 0.717) is 22.8 Å². The zero-order chi connectivity index (χ0) is 24.0. The lowest BCUT2D eigenvalue weighted by Crippen LogP contribution is -2.49. The van der Waals surface area contributed by atoms with E-state index in [1.165, 1.54) is 15.6 Å². The average Bonchev–Trinajstić information content (AvgIpc) is 3.17. The standard InChI is InChI=1S/C22H23ClFN5O4/c23-17-6-3-4-14(20(17)24)10-26-11-15(13-31)28(8-9-30)19(32)12-29-18-7-2-1-5-16(18)21(27-29)22(25)33/h1-7,13,15,26,30H,8-12H2,(H2,25,33). The van der Waals surface area contributed by atoms with E-state index in [9.17, 15) is 23.9 Å². The number of benzene rings is 2. The Morgan fingerprint density at radius 3 is 2.73 bits per heavy atom. The number of aliphatic hydroxyl groups is 1. The van der Waals surface area contributed by atoms with Crippen molar-refractivity contribution in [2.24, 2.45) is 5.73 Å². The van der Waals surface area contributed by atoms with E-state index in [-0.39, 0.29) is 43.5 Å². The molecule has 0 spiro atoms. The molecule has 0 aliphatic heterocycles. The van der Waals surface area contributed by atoms with Crippen molar-refractivity contribution >= 4 is 40.6 Å². The first-order valence-electron chi connectivity index (χ1n) is 10.1. The number of hydrogen-bond acceptors (Lipinski definition) is 6. The van der Waals surface area contributed by atoms with Gasteiger partial charge >= 0.3 is 0 Å². The molecule has 33 heavy (non-hydrogen) atoms. The molecule has 11 heteroatoms. The third-order valence-corrected chi connectivity index (χ3v) is 5.39. The molecule has 2 aromatic carbocycles. The van der Waals surface area contributed by atoms with Gasteiger partial charge in [-0.1, -0.05) is 41.9 Å². The number of fused-ring (bicyclic) bond motifs is 1. The minimum atomic E-state index is -0.927. The molecule has 0 aliphatic carbocycles. The van der Waals surface area contributed by atoms with Crippen LogP contribution in [0.1, 0.15) is 16.1 Å². The average molecular weight is 476 g/mol. The van der Waals surface area contributed by atoms with Crippen LogP contribution in [0.25, 0.3) is 10.9 Å². The first-order valence-corrected chi connectivity index (χ1v) is 10.5. The van der Waals surface area contributed by atoms with Crippen LogP contribution >= 0.6 is 11.6 Å². The highest BCUT2D eigenvalue weighted by molar-refractivity contribution is 6.30. The number of halogens is 2. The molecule has 4 N–H and O–H groups in total. The molecule has 0 radical (unpaired) electrons. The molecule has 1 atom stereocenters. The van der Waals surface area contributed by atoms with Gasteiger partial charge in [0.25, 0.3) is 5.91 Å². The highest BCUT2D eigenvalue weighted by Gasteiger charge is 2.25. The smallest absolute Gasteiger partial charge is 0.269 e. The minimum Gasteiger partial charge on any atom is -0.395 e. The van der Waals surface area contributed by atoms with Gasteiger partial charge < -0.3 is 25.9 Å². The van der Waals surface area contributed by atoms with Crippen LogP contribution < -0.4 is 11.1 Å². The number of amides is 2. The van der Waals surface area contributed by atoms with E-state index in [2.05, 4.69) is 10.4 Å². The van der Waals surface area contributed by atoms with Crippen molar-refractivity contribution in [3.05, 3.63) is 64.6 Å². The molecule has 3 aromatic rings. The summed E-state index contributed by atoms with van der Waals surface area (Å²) < 4.78 is 15.4. The van der Waals surface area contributed by atoms with Crippen molar-refractivity contribution in [3.63, 3.8) is 0 Å². The zero-order valence-electron chi connectivity index (χ0n) is 17.6. The van der Waals surface area contributed by atoms with Gasteiger partial charge in [-0.15, -0.1) is 0 Å². The normalized spacial score (nSPS) is 12.0. The molecule has 1 aromatic heterocycles. The van der Waals surface area contributed by atoms with Gasteiger partial charge in [0, 0.05) is 30.6 Å². The van der Waals surface area contributed by atoms with Crippen LogP contribution in [0.3, 0.4) is 0 Å². The number of hydrogen-bond donors (Lipinski definition) is 3. The summed E-state index contributed by atoms with van der Waals surface area (Å²) in [4.78, 5) is 37.7. The number of rotatable bonds is 11. The Labute approximate surface area is 193 Å². The van der Waals surface area contributed by atoms with Crippen molar-refractivity contribution in [2.45, 2.75) is 19.1 Å². The fraction of sp³-hybridized carbons (Fsp3) is 0.273. The monoisotopic (exact) mass is 475 g/mol. The SMILES string of the molecule is NC(=O)c1nn(CC(=O)N(CCO)C(C=O)CNCc2cccc(Cl)c2F)c2ccccc12. The van der Waals surface area contributed by atoms with Crippen LogP contribution in [0.4, 0.5) is 4.39 Å². The van der Waals surface area contributed by atoms with E-state index >= 15 is 0 Å². The molecule has 0 aliphatic rings. The fourth-order valence-corrected chi connectivity index (χ4v) is 3.70. The Hall–Kier alpha value is -3.34. The second kappa shape index (κ2) is 11.0. The summed E-state index contributed by atoms with van der Waals surface area (Å²) in [5.74, 6) is -1.79. The van der Waals surface area contributed by atoms with Crippen molar-refractivity contribution in [2.75, 3.05) is 19.7 Å². The number of carbonyl (C=O) groups is 3. The van der Waals surface area contributed by atoms with E-state index in [1.807, 2.05) is 0 Å². The quantitative estimate of drug-likeness (QED) is 0.356. The van der Waals surface area contributed by atoms with Gasteiger partial charge in [0.15, 0.2) is 5.69 Å². The molecule has 0 fully saturated rings. The van der Waals surface area contributed by atoms with Gasteiger partial charge in [-0.25, -0.2) is 4.39 Å². The van der Waals surface area contributed by atoms with Crippen LogP contribution in [-0.4, -0.2) is 63.6 Å². The Kier molecular flexibility index (Phi) is 8.10. The van der Waals surface area contributed by atoms with Gasteiger partial charge in [-0.3, -0.25) is 14.3 Å². The first kappa shape index (κ1) is 24.3. The third-order valence-electron chi connectivity index (χ3n) is 5.10. The first-order chi connectivity index (χ1) is 15.9. The summed E-state index contributed by atoms with van der Waals surface area (Å²) in [6, 6.07) is 10.5. The summed E-state index contributed by atoms with van der Waals surface area (Å²) in [6.07, 6.45) is 0.574. The molecule has 2 amide bonds. The van der Waals surface area contributed by atoms with Crippen molar-refractivity contribution in [1.29, 1.82) is 0 Å². The number of primary amides is 1. The molecule has 0 saturated heterocycles. The van der Waals surface area contributed by atoms with E-state index in [1.54, 1.807) is 36.4 Å².